The number of carbonyl (C=O) groups excluding carboxylic acids is 1. The lowest BCUT2D eigenvalue weighted by Crippen LogP contribution is -2.29. The van der Waals surface area contributed by atoms with Crippen molar-refractivity contribution in [3.8, 4) is 0 Å². The van der Waals surface area contributed by atoms with E-state index in [9.17, 15) is 18.0 Å². The highest BCUT2D eigenvalue weighted by Crippen LogP contribution is 2.52. The van der Waals surface area contributed by atoms with E-state index in [2.05, 4.69) is 0 Å². The molecule has 1 atom stereocenters. The Labute approximate surface area is 186 Å². The third-order valence-electron chi connectivity index (χ3n) is 5.68. The van der Waals surface area contributed by atoms with Crippen LogP contribution in [0.3, 0.4) is 0 Å². The number of fused-ring (bicyclic) bond motifs is 1. The van der Waals surface area contributed by atoms with Gasteiger partial charge in [0.1, 0.15) is 5.76 Å². The molecule has 0 radical (unpaired) electrons. The molecule has 32 heavy (non-hydrogen) atoms. The van der Waals surface area contributed by atoms with Gasteiger partial charge in [0, 0.05) is 17.5 Å². The van der Waals surface area contributed by atoms with Crippen LogP contribution in [-0.4, -0.2) is 12.0 Å². The number of benzene rings is 3. The summed E-state index contributed by atoms with van der Waals surface area (Å²) < 4.78 is 47.2. The van der Waals surface area contributed by atoms with E-state index in [1.54, 1.807) is 12.1 Å². The summed E-state index contributed by atoms with van der Waals surface area (Å²) in [5.74, 6) is -1.88. The second kappa shape index (κ2) is 7.64. The minimum absolute atomic E-state index is 0.0182. The van der Waals surface area contributed by atoms with Crippen LogP contribution >= 0.6 is 11.3 Å². The summed E-state index contributed by atoms with van der Waals surface area (Å²) in [5, 5.41) is 3.65. The Morgan fingerprint density at radius 1 is 0.875 bits per heavy atom. The van der Waals surface area contributed by atoms with Crippen molar-refractivity contribution < 1.29 is 22.7 Å². The highest BCUT2D eigenvalue weighted by atomic mass is 32.1. The molecule has 1 unspecified atom stereocenters. The topological polar surface area (TPSA) is 26.3 Å². The molecule has 6 heteroatoms. The highest BCUT2D eigenvalue weighted by Gasteiger charge is 2.52. The molecule has 0 fully saturated rings. The Balaban J connectivity index is 1.71. The van der Waals surface area contributed by atoms with Crippen LogP contribution in [-0.2, 0) is 15.1 Å². The molecule has 0 aliphatic carbocycles. The van der Waals surface area contributed by atoms with Crippen LogP contribution in [0.1, 0.15) is 22.4 Å². The van der Waals surface area contributed by atoms with Gasteiger partial charge in [0.05, 0.1) is 10.5 Å². The van der Waals surface area contributed by atoms with Crippen molar-refractivity contribution in [1.82, 2.24) is 0 Å². The maximum Gasteiger partial charge on any atom is 0.454 e. The Morgan fingerprint density at radius 3 is 2.28 bits per heavy atom. The van der Waals surface area contributed by atoms with Gasteiger partial charge in [-0.1, -0.05) is 72.8 Å². The molecular weight excluding hydrogens is 433 g/mol. The largest absolute Gasteiger partial charge is 0.476 e. The Kier molecular flexibility index (Phi) is 4.90. The number of Topliss-reactive ketones (excluding diaryl/α,β-unsaturated/α-hetero) is 1. The summed E-state index contributed by atoms with van der Waals surface area (Å²) in [4.78, 5) is 13.3. The number of ether oxygens (including phenoxy) is 1. The molecule has 5 rings (SSSR count). The number of hydrogen-bond acceptors (Lipinski definition) is 3. The molecule has 0 N–H and O–H groups in total. The van der Waals surface area contributed by atoms with Crippen LogP contribution in [0.2, 0.25) is 0 Å². The Bertz CT molecular complexity index is 1320. The number of halogens is 3. The van der Waals surface area contributed by atoms with E-state index in [1.807, 2.05) is 78.2 Å². The van der Waals surface area contributed by atoms with Crippen molar-refractivity contribution in [3.63, 3.8) is 0 Å². The quantitative estimate of drug-likeness (QED) is 0.331. The first-order valence-corrected chi connectivity index (χ1v) is 10.9. The first-order valence-electron chi connectivity index (χ1n) is 10.0. The molecule has 0 saturated carbocycles. The Morgan fingerprint density at radius 2 is 1.59 bits per heavy atom. The van der Waals surface area contributed by atoms with Gasteiger partial charge in [-0.3, -0.25) is 4.79 Å². The SMILES string of the molecule is O=C(C1=C(c2ccc3ccccc3c2)OC(c2ccccc2)(c2cccs2)C1)C(F)(F)F. The minimum Gasteiger partial charge on any atom is -0.476 e. The average Bonchev–Trinajstić information content (AvgIpc) is 3.47. The summed E-state index contributed by atoms with van der Waals surface area (Å²) in [6, 6.07) is 25.6. The van der Waals surface area contributed by atoms with E-state index < -0.39 is 17.6 Å². The number of carbonyl (C=O) groups is 1. The number of thiophene rings is 1. The highest BCUT2D eigenvalue weighted by molar-refractivity contribution is 7.10. The number of ketones is 1. The van der Waals surface area contributed by atoms with Gasteiger partial charge in [-0.05, 0) is 28.3 Å². The molecular formula is C26H17F3O2S. The van der Waals surface area contributed by atoms with Gasteiger partial charge in [-0.15, -0.1) is 11.3 Å². The van der Waals surface area contributed by atoms with Crippen LogP contribution in [0, 0.1) is 0 Å². The second-order valence-electron chi connectivity index (χ2n) is 7.65. The fourth-order valence-corrected chi connectivity index (χ4v) is 5.06. The number of hydrogen-bond donors (Lipinski definition) is 0. The first-order chi connectivity index (χ1) is 15.4. The van der Waals surface area contributed by atoms with E-state index in [0.29, 0.717) is 11.1 Å². The van der Waals surface area contributed by atoms with Gasteiger partial charge >= 0.3 is 6.18 Å². The normalized spacial score (nSPS) is 18.7. The zero-order chi connectivity index (χ0) is 22.3. The van der Waals surface area contributed by atoms with Gasteiger partial charge in [0.25, 0.3) is 5.78 Å². The monoisotopic (exact) mass is 450 g/mol. The minimum atomic E-state index is -5.00. The molecule has 1 aromatic heterocycles. The van der Waals surface area contributed by atoms with Crippen LogP contribution < -0.4 is 0 Å². The Hall–Kier alpha value is -3.38. The maximum absolute atomic E-state index is 13.6. The van der Waals surface area contributed by atoms with Gasteiger partial charge in [-0.2, -0.15) is 13.2 Å². The molecule has 2 heterocycles. The summed E-state index contributed by atoms with van der Waals surface area (Å²) >= 11 is 1.39. The molecule has 1 aliphatic rings. The van der Waals surface area contributed by atoms with Crippen molar-refractivity contribution >= 4 is 33.7 Å². The fourth-order valence-electron chi connectivity index (χ4n) is 4.18. The summed E-state index contributed by atoms with van der Waals surface area (Å²) in [5.41, 5.74) is -0.409. The lowest BCUT2D eigenvalue weighted by Gasteiger charge is -2.30. The second-order valence-corrected chi connectivity index (χ2v) is 8.59. The lowest BCUT2D eigenvalue weighted by atomic mass is 9.86. The molecule has 4 aromatic rings. The third-order valence-corrected chi connectivity index (χ3v) is 6.69. The van der Waals surface area contributed by atoms with E-state index >= 15 is 0 Å². The fraction of sp³-hybridized carbons (Fsp3) is 0.115. The van der Waals surface area contributed by atoms with Crippen LogP contribution in [0.25, 0.3) is 16.5 Å². The van der Waals surface area contributed by atoms with E-state index in [4.69, 9.17) is 4.74 Å². The van der Waals surface area contributed by atoms with E-state index in [-0.39, 0.29) is 17.8 Å². The third kappa shape index (κ3) is 3.41. The number of rotatable bonds is 4. The smallest absolute Gasteiger partial charge is 0.454 e. The van der Waals surface area contributed by atoms with Crippen LogP contribution in [0.5, 0.6) is 0 Å². The van der Waals surface area contributed by atoms with E-state index in [0.717, 1.165) is 15.6 Å². The molecule has 0 saturated heterocycles. The van der Waals surface area contributed by atoms with Crippen molar-refractivity contribution in [2.75, 3.05) is 0 Å². The van der Waals surface area contributed by atoms with Gasteiger partial charge in [-0.25, -0.2) is 0 Å². The molecule has 160 valence electrons. The number of alkyl halides is 3. The van der Waals surface area contributed by atoms with Crippen molar-refractivity contribution in [2.24, 2.45) is 0 Å². The molecule has 1 aliphatic heterocycles. The summed E-state index contributed by atoms with van der Waals surface area (Å²) in [6.07, 6.45) is -5.19. The van der Waals surface area contributed by atoms with Gasteiger partial charge in [0.15, 0.2) is 5.60 Å². The average molecular weight is 450 g/mol. The van der Waals surface area contributed by atoms with Crippen molar-refractivity contribution in [2.45, 2.75) is 18.2 Å². The molecule has 3 aromatic carbocycles. The zero-order valence-electron chi connectivity index (χ0n) is 16.7. The van der Waals surface area contributed by atoms with Crippen molar-refractivity contribution in [1.29, 1.82) is 0 Å². The molecule has 0 bridgehead atoms. The first kappa shape index (κ1) is 20.5. The van der Waals surface area contributed by atoms with Crippen LogP contribution in [0.15, 0.2) is 95.9 Å². The molecule has 2 nitrogen and oxygen atoms in total. The van der Waals surface area contributed by atoms with Crippen LogP contribution in [0.4, 0.5) is 13.2 Å². The molecule has 0 spiro atoms. The zero-order valence-corrected chi connectivity index (χ0v) is 17.5. The summed E-state index contributed by atoms with van der Waals surface area (Å²) in [7, 11) is 0. The van der Waals surface area contributed by atoms with Gasteiger partial charge in [0.2, 0.25) is 0 Å². The predicted octanol–water partition coefficient (Wildman–Crippen LogP) is 7.11. The van der Waals surface area contributed by atoms with Gasteiger partial charge < -0.3 is 4.74 Å². The molecule has 0 amide bonds. The maximum atomic E-state index is 13.6. The van der Waals surface area contributed by atoms with Crippen molar-refractivity contribution in [3.05, 3.63) is 112 Å². The van der Waals surface area contributed by atoms with E-state index in [1.165, 1.54) is 11.3 Å². The lowest BCUT2D eigenvalue weighted by molar-refractivity contribution is -0.166. The summed E-state index contributed by atoms with van der Waals surface area (Å²) in [6.45, 7) is 0. The standard InChI is InChI=1S/C26H17F3O2S/c27-26(28,29)24(30)21-16-25(22-11-6-14-32-22,20-9-2-1-3-10-20)31-23(21)19-13-12-17-7-4-5-8-18(17)15-19/h1-15H,16H2. The predicted molar refractivity (Wildman–Crippen MR) is 119 cm³/mol.